The van der Waals surface area contributed by atoms with Crippen LogP contribution < -0.4 is 0 Å². The third-order valence-corrected chi connectivity index (χ3v) is 2.42. The van der Waals surface area contributed by atoms with Crippen molar-refractivity contribution in [3.8, 4) is 0 Å². The quantitative estimate of drug-likeness (QED) is 0.681. The van der Waals surface area contributed by atoms with Crippen LogP contribution in [0.1, 0.15) is 36.7 Å². The van der Waals surface area contributed by atoms with Gasteiger partial charge in [0.1, 0.15) is 5.69 Å². The van der Waals surface area contributed by atoms with Crippen LogP contribution in [-0.2, 0) is 0 Å². The molecule has 0 aliphatic rings. The fourth-order valence-corrected chi connectivity index (χ4v) is 1.53. The fourth-order valence-electron chi connectivity index (χ4n) is 1.53. The lowest BCUT2D eigenvalue weighted by atomic mass is 10.2. The summed E-state index contributed by atoms with van der Waals surface area (Å²) in [6, 6.07) is 1.65. The molecule has 5 nitrogen and oxygen atoms in total. The highest BCUT2D eigenvalue weighted by molar-refractivity contribution is 5.92. The van der Waals surface area contributed by atoms with Gasteiger partial charge in [-0.2, -0.15) is 5.10 Å². The number of aliphatic hydroxyl groups excluding tert-OH is 1. The van der Waals surface area contributed by atoms with Crippen LogP contribution in [0.15, 0.2) is 12.3 Å². The van der Waals surface area contributed by atoms with Crippen molar-refractivity contribution in [3.63, 3.8) is 0 Å². The number of aliphatic hydroxyl groups is 1. The van der Waals surface area contributed by atoms with Crippen molar-refractivity contribution in [2.75, 3.05) is 19.7 Å². The summed E-state index contributed by atoms with van der Waals surface area (Å²) in [4.78, 5) is 13.6. The largest absolute Gasteiger partial charge is 0.395 e. The molecule has 0 radical (unpaired) electrons. The number of hydrogen-bond acceptors (Lipinski definition) is 3. The molecule has 1 aromatic heterocycles. The number of rotatable bonds is 7. The van der Waals surface area contributed by atoms with Crippen molar-refractivity contribution in [1.29, 1.82) is 0 Å². The van der Waals surface area contributed by atoms with E-state index < -0.39 is 0 Å². The maximum absolute atomic E-state index is 11.9. The SMILES string of the molecule is CCCCCN(CCO)C(=O)c1ccn[nH]1. The van der Waals surface area contributed by atoms with E-state index in [0.29, 0.717) is 18.8 Å². The van der Waals surface area contributed by atoms with Crippen molar-refractivity contribution in [2.45, 2.75) is 26.2 Å². The molecule has 16 heavy (non-hydrogen) atoms. The van der Waals surface area contributed by atoms with Crippen LogP contribution in [0.2, 0.25) is 0 Å². The Labute approximate surface area is 95.5 Å². The predicted octanol–water partition coefficient (Wildman–Crippen LogP) is 1.03. The molecule has 1 rings (SSSR count). The smallest absolute Gasteiger partial charge is 0.271 e. The summed E-state index contributed by atoms with van der Waals surface area (Å²) in [7, 11) is 0. The molecule has 0 aromatic carbocycles. The van der Waals surface area contributed by atoms with Gasteiger partial charge in [-0.15, -0.1) is 0 Å². The lowest BCUT2D eigenvalue weighted by Crippen LogP contribution is -2.34. The van der Waals surface area contributed by atoms with E-state index in [-0.39, 0.29) is 12.5 Å². The van der Waals surface area contributed by atoms with E-state index in [1.54, 1.807) is 17.2 Å². The molecule has 0 aliphatic heterocycles. The molecular weight excluding hydrogens is 206 g/mol. The van der Waals surface area contributed by atoms with Crippen LogP contribution in [0.5, 0.6) is 0 Å². The molecule has 0 saturated carbocycles. The van der Waals surface area contributed by atoms with Gasteiger partial charge in [0.25, 0.3) is 5.91 Å². The van der Waals surface area contributed by atoms with Gasteiger partial charge in [0.05, 0.1) is 6.61 Å². The summed E-state index contributed by atoms with van der Waals surface area (Å²) in [5.74, 6) is -0.0948. The number of nitrogens with one attached hydrogen (secondary N) is 1. The molecule has 0 unspecified atom stereocenters. The highest BCUT2D eigenvalue weighted by Crippen LogP contribution is 2.04. The first kappa shape index (κ1) is 12.7. The highest BCUT2D eigenvalue weighted by atomic mass is 16.3. The molecular formula is C11H19N3O2. The Morgan fingerprint density at radius 1 is 1.50 bits per heavy atom. The third-order valence-electron chi connectivity index (χ3n) is 2.42. The number of carbonyl (C=O) groups is 1. The molecule has 1 amide bonds. The molecule has 0 atom stereocenters. The number of aromatic nitrogens is 2. The third kappa shape index (κ3) is 3.66. The number of carbonyl (C=O) groups excluding carboxylic acids is 1. The highest BCUT2D eigenvalue weighted by Gasteiger charge is 2.15. The van der Waals surface area contributed by atoms with Gasteiger partial charge in [-0.25, -0.2) is 0 Å². The van der Waals surface area contributed by atoms with E-state index in [2.05, 4.69) is 17.1 Å². The van der Waals surface area contributed by atoms with E-state index >= 15 is 0 Å². The second-order valence-electron chi connectivity index (χ2n) is 3.69. The molecule has 1 heterocycles. The second kappa shape index (κ2) is 7.00. The van der Waals surface area contributed by atoms with Crippen molar-refractivity contribution in [1.82, 2.24) is 15.1 Å². The van der Waals surface area contributed by atoms with E-state index in [0.717, 1.165) is 19.3 Å². The average molecular weight is 225 g/mol. The van der Waals surface area contributed by atoms with Gasteiger partial charge in [0.15, 0.2) is 0 Å². The lowest BCUT2D eigenvalue weighted by Gasteiger charge is -2.20. The Morgan fingerprint density at radius 2 is 2.31 bits per heavy atom. The first-order valence-electron chi connectivity index (χ1n) is 5.69. The topological polar surface area (TPSA) is 69.2 Å². The van der Waals surface area contributed by atoms with Crippen molar-refractivity contribution >= 4 is 5.91 Å². The average Bonchev–Trinajstić information content (AvgIpc) is 2.81. The van der Waals surface area contributed by atoms with Gasteiger partial charge in [-0.1, -0.05) is 19.8 Å². The maximum atomic E-state index is 11.9. The molecule has 90 valence electrons. The number of hydrogen-bond donors (Lipinski definition) is 2. The number of amides is 1. The molecule has 0 spiro atoms. The Bertz CT molecular complexity index is 298. The first-order valence-corrected chi connectivity index (χ1v) is 5.69. The summed E-state index contributed by atoms with van der Waals surface area (Å²) < 4.78 is 0. The molecule has 1 aromatic rings. The minimum atomic E-state index is -0.0948. The minimum Gasteiger partial charge on any atom is -0.395 e. The number of aromatic amines is 1. The first-order chi connectivity index (χ1) is 7.79. The number of unbranched alkanes of at least 4 members (excludes halogenated alkanes) is 2. The van der Waals surface area contributed by atoms with Crippen LogP contribution in [0.25, 0.3) is 0 Å². The predicted molar refractivity (Wildman–Crippen MR) is 61.1 cm³/mol. The Kier molecular flexibility index (Phi) is 5.56. The zero-order chi connectivity index (χ0) is 11.8. The van der Waals surface area contributed by atoms with Gasteiger partial charge < -0.3 is 10.0 Å². The summed E-state index contributed by atoms with van der Waals surface area (Å²) in [6.45, 7) is 3.17. The lowest BCUT2D eigenvalue weighted by molar-refractivity contribution is 0.0712. The minimum absolute atomic E-state index is 0.00793. The van der Waals surface area contributed by atoms with Crippen LogP contribution in [-0.4, -0.2) is 45.8 Å². The summed E-state index contributed by atoms with van der Waals surface area (Å²) in [6.07, 6.45) is 4.73. The van der Waals surface area contributed by atoms with Gasteiger partial charge in [0.2, 0.25) is 0 Å². The van der Waals surface area contributed by atoms with E-state index in [1.807, 2.05) is 0 Å². The summed E-state index contributed by atoms with van der Waals surface area (Å²) >= 11 is 0. The normalized spacial score (nSPS) is 10.4. The van der Waals surface area contributed by atoms with Crippen LogP contribution in [0.4, 0.5) is 0 Å². The molecule has 0 saturated heterocycles. The number of nitrogens with zero attached hydrogens (tertiary/aromatic N) is 2. The van der Waals surface area contributed by atoms with Gasteiger partial charge >= 0.3 is 0 Å². The number of H-pyrrole nitrogens is 1. The van der Waals surface area contributed by atoms with Crippen LogP contribution in [0.3, 0.4) is 0 Å². The maximum Gasteiger partial charge on any atom is 0.271 e. The molecule has 5 heteroatoms. The summed E-state index contributed by atoms with van der Waals surface area (Å²) in [5.41, 5.74) is 0.477. The zero-order valence-corrected chi connectivity index (χ0v) is 9.65. The van der Waals surface area contributed by atoms with E-state index in [4.69, 9.17) is 5.11 Å². The zero-order valence-electron chi connectivity index (χ0n) is 9.65. The molecule has 0 aliphatic carbocycles. The second-order valence-corrected chi connectivity index (χ2v) is 3.69. The van der Waals surface area contributed by atoms with Crippen molar-refractivity contribution < 1.29 is 9.90 Å². The van der Waals surface area contributed by atoms with Gasteiger partial charge in [-0.3, -0.25) is 9.89 Å². The Hall–Kier alpha value is -1.36. The van der Waals surface area contributed by atoms with Crippen molar-refractivity contribution in [3.05, 3.63) is 18.0 Å². The van der Waals surface area contributed by atoms with Crippen molar-refractivity contribution in [2.24, 2.45) is 0 Å². The molecule has 2 N–H and O–H groups in total. The fraction of sp³-hybridized carbons (Fsp3) is 0.636. The molecule has 0 fully saturated rings. The summed E-state index contributed by atoms with van der Waals surface area (Å²) in [5, 5.41) is 15.3. The molecule has 0 bridgehead atoms. The van der Waals surface area contributed by atoms with Crippen LogP contribution in [0, 0.1) is 0 Å². The van der Waals surface area contributed by atoms with E-state index in [1.165, 1.54) is 0 Å². The van der Waals surface area contributed by atoms with Gasteiger partial charge in [-0.05, 0) is 12.5 Å². The Balaban J connectivity index is 2.52. The van der Waals surface area contributed by atoms with Crippen LogP contribution >= 0.6 is 0 Å². The monoisotopic (exact) mass is 225 g/mol. The Morgan fingerprint density at radius 3 is 2.88 bits per heavy atom. The van der Waals surface area contributed by atoms with E-state index in [9.17, 15) is 4.79 Å². The standard InChI is InChI=1S/C11H19N3O2/c1-2-3-4-7-14(8-9-15)11(16)10-5-6-12-13-10/h5-6,15H,2-4,7-9H2,1H3,(H,12,13). The van der Waals surface area contributed by atoms with Gasteiger partial charge in [0, 0.05) is 19.3 Å².